The molecule has 0 aromatic rings. The minimum atomic E-state index is -0.607. The topological polar surface area (TPSA) is 43.8 Å². The van der Waals surface area contributed by atoms with Crippen LogP contribution < -0.4 is 0 Å². The molecule has 0 amide bonds. The van der Waals surface area contributed by atoms with E-state index in [-0.39, 0.29) is 12.0 Å². The van der Waals surface area contributed by atoms with Crippen molar-refractivity contribution in [1.29, 1.82) is 0 Å². The van der Waals surface area contributed by atoms with Crippen molar-refractivity contribution in [1.82, 2.24) is 9.80 Å². The molecular formula is C15H30N2O2. The fraction of sp³-hybridized carbons (Fsp3) is 0.933. The SMILES string of the molecule is CCN(CC)CCCN(CC)C1CCCC1C(=O)O. The molecule has 0 radical (unpaired) electrons. The molecule has 2 atom stereocenters. The quantitative estimate of drug-likeness (QED) is 0.698. The van der Waals surface area contributed by atoms with E-state index >= 15 is 0 Å². The molecule has 0 spiro atoms. The van der Waals surface area contributed by atoms with Crippen molar-refractivity contribution in [2.45, 2.75) is 52.5 Å². The van der Waals surface area contributed by atoms with Crippen LogP contribution in [0.1, 0.15) is 46.5 Å². The van der Waals surface area contributed by atoms with E-state index in [0.717, 1.165) is 58.4 Å². The van der Waals surface area contributed by atoms with Gasteiger partial charge in [0.25, 0.3) is 0 Å². The Morgan fingerprint density at radius 1 is 1.11 bits per heavy atom. The Kier molecular flexibility index (Phi) is 7.39. The molecule has 1 fully saturated rings. The van der Waals surface area contributed by atoms with Crippen LogP contribution in [0, 0.1) is 5.92 Å². The maximum Gasteiger partial charge on any atom is 0.308 e. The summed E-state index contributed by atoms with van der Waals surface area (Å²) in [4.78, 5) is 16.1. The molecule has 2 unspecified atom stereocenters. The summed E-state index contributed by atoms with van der Waals surface area (Å²) in [7, 11) is 0. The number of nitrogens with zero attached hydrogens (tertiary/aromatic N) is 2. The number of carboxylic acid groups (broad SMARTS) is 1. The first kappa shape index (κ1) is 16.4. The fourth-order valence-electron chi connectivity index (χ4n) is 3.26. The third-order valence-corrected chi connectivity index (χ3v) is 4.49. The molecule has 112 valence electrons. The summed E-state index contributed by atoms with van der Waals surface area (Å²) < 4.78 is 0. The van der Waals surface area contributed by atoms with Gasteiger partial charge in [0.1, 0.15) is 0 Å². The minimum Gasteiger partial charge on any atom is -0.481 e. The highest BCUT2D eigenvalue weighted by molar-refractivity contribution is 5.71. The predicted octanol–water partition coefficient (Wildman–Crippen LogP) is 2.29. The smallest absolute Gasteiger partial charge is 0.308 e. The molecular weight excluding hydrogens is 240 g/mol. The van der Waals surface area contributed by atoms with Crippen LogP contribution >= 0.6 is 0 Å². The molecule has 0 saturated heterocycles. The van der Waals surface area contributed by atoms with Crippen molar-refractivity contribution >= 4 is 5.97 Å². The largest absolute Gasteiger partial charge is 0.481 e. The Labute approximate surface area is 117 Å². The summed E-state index contributed by atoms with van der Waals surface area (Å²) in [6.45, 7) is 11.8. The lowest BCUT2D eigenvalue weighted by atomic mass is 10.0. The van der Waals surface area contributed by atoms with Crippen LogP contribution in [-0.2, 0) is 4.79 Å². The van der Waals surface area contributed by atoms with Crippen molar-refractivity contribution in [2.24, 2.45) is 5.92 Å². The van der Waals surface area contributed by atoms with Crippen LogP contribution in [0.4, 0.5) is 0 Å². The van der Waals surface area contributed by atoms with Gasteiger partial charge in [0.15, 0.2) is 0 Å². The molecule has 1 aliphatic carbocycles. The van der Waals surface area contributed by atoms with E-state index in [1.165, 1.54) is 0 Å². The number of carboxylic acids is 1. The molecule has 1 aliphatic rings. The van der Waals surface area contributed by atoms with Gasteiger partial charge in [-0.15, -0.1) is 0 Å². The molecule has 0 aliphatic heterocycles. The molecule has 4 nitrogen and oxygen atoms in total. The zero-order valence-electron chi connectivity index (χ0n) is 12.8. The van der Waals surface area contributed by atoms with E-state index in [1.807, 2.05) is 0 Å². The molecule has 4 heteroatoms. The predicted molar refractivity (Wildman–Crippen MR) is 78.4 cm³/mol. The zero-order chi connectivity index (χ0) is 14.3. The third kappa shape index (κ3) is 4.77. The van der Waals surface area contributed by atoms with E-state index in [2.05, 4.69) is 30.6 Å². The molecule has 0 heterocycles. The Morgan fingerprint density at radius 2 is 1.79 bits per heavy atom. The summed E-state index contributed by atoms with van der Waals surface area (Å²) in [6, 6.07) is 0.263. The van der Waals surface area contributed by atoms with Crippen LogP contribution in [-0.4, -0.2) is 59.6 Å². The van der Waals surface area contributed by atoms with Crippen LogP contribution in [0.15, 0.2) is 0 Å². The second-order valence-electron chi connectivity index (χ2n) is 5.45. The first-order valence-electron chi connectivity index (χ1n) is 7.83. The maximum atomic E-state index is 11.3. The van der Waals surface area contributed by atoms with Gasteiger partial charge in [-0.1, -0.05) is 27.2 Å². The van der Waals surface area contributed by atoms with Gasteiger partial charge in [0, 0.05) is 6.04 Å². The number of aliphatic carboxylic acids is 1. The highest BCUT2D eigenvalue weighted by atomic mass is 16.4. The van der Waals surface area contributed by atoms with Crippen LogP contribution in [0.2, 0.25) is 0 Å². The van der Waals surface area contributed by atoms with Crippen molar-refractivity contribution in [3.05, 3.63) is 0 Å². The molecule has 0 aromatic heterocycles. The number of rotatable bonds is 9. The summed E-state index contributed by atoms with van der Waals surface area (Å²) >= 11 is 0. The first-order valence-corrected chi connectivity index (χ1v) is 7.83. The summed E-state index contributed by atoms with van der Waals surface area (Å²) in [5.41, 5.74) is 0. The number of hydrogen-bond acceptors (Lipinski definition) is 3. The van der Waals surface area contributed by atoms with Crippen LogP contribution in [0.25, 0.3) is 0 Å². The zero-order valence-corrected chi connectivity index (χ0v) is 12.8. The highest BCUT2D eigenvalue weighted by Crippen LogP contribution is 2.30. The summed E-state index contributed by atoms with van der Waals surface area (Å²) in [5.74, 6) is -0.752. The molecule has 1 N–H and O–H groups in total. The normalized spacial score (nSPS) is 23.4. The lowest BCUT2D eigenvalue weighted by Crippen LogP contribution is -2.42. The van der Waals surface area contributed by atoms with E-state index in [0.29, 0.717) is 0 Å². The molecule has 19 heavy (non-hydrogen) atoms. The van der Waals surface area contributed by atoms with E-state index in [4.69, 9.17) is 0 Å². The number of carbonyl (C=O) groups is 1. The van der Waals surface area contributed by atoms with Crippen molar-refractivity contribution in [2.75, 3.05) is 32.7 Å². The summed E-state index contributed by atoms with van der Waals surface area (Å²) in [5, 5.41) is 9.28. The van der Waals surface area contributed by atoms with Gasteiger partial charge in [-0.25, -0.2) is 0 Å². The van der Waals surface area contributed by atoms with E-state index < -0.39 is 5.97 Å². The lowest BCUT2D eigenvalue weighted by Gasteiger charge is -2.31. The Hall–Kier alpha value is -0.610. The lowest BCUT2D eigenvalue weighted by molar-refractivity contribution is -0.143. The Balaban J connectivity index is 2.42. The average Bonchev–Trinajstić information content (AvgIpc) is 2.88. The van der Waals surface area contributed by atoms with Crippen molar-refractivity contribution in [3.8, 4) is 0 Å². The monoisotopic (exact) mass is 270 g/mol. The molecule has 0 bridgehead atoms. The highest BCUT2D eigenvalue weighted by Gasteiger charge is 2.35. The maximum absolute atomic E-state index is 11.3. The van der Waals surface area contributed by atoms with Gasteiger partial charge in [-0.2, -0.15) is 0 Å². The van der Waals surface area contributed by atoms with Gasteiger partial charge in [-0.05, 0) is 52.0 Å². The third-order valence-electron chi connectivity index (χ3n) is 4.49. The summed E-state index contributed by atoms with van der Waals surface area (Å²) in [6.07, 6.45) is 4.11. The van der Waals surface area contributed by atoms with E-state index in [9.17, 15) is 9.90 Å². The van der Waals surface area contributed by atoms with E-state index in [1.54, 1.807) is 0 Å². The molecule has 1 rings (SSSR count). The van der Waals surface area contributed by atoms with Gasteiger partial charge in [0.05, 0.1) is 5.92 Å². The minimum absolute atomic E-state index is 0.145. The standard InChI is InChI=1S/C15H30N2O2/c1-4-16(5-2)11-8-12-17(6-3)14-10-7-9-13(14)15(18)19/h13-14H,4-12H2,1-3H3,(H,18,19). The van der Waals surface area contributed by atoms with Gasteiger partial charge in [-0.3, -0.25) is 9.69 Å². The van der Waals surface area contributed by atoms with Gasteiger partial charge < -0.3 is 10.0 Å². The molecule has 1 saturated carbocycles. The van der Waals surface area contributed by atoms with Crippen LogP contribution in [0.3, 0.4) is 0 Å². The second kappa shape index (κ2) is 8.54. The first-order chi connectivity index (χ1) is 9.13. The second-order valence-corrected chi connectivity index (χ2v) is 5.45. The average molecular weight is 270 g/mol. The van der Waals surface area contributed by atoms with Crippen molar-refractivity contribution < 1.29 is 9.90 Å². The van der Waals surface area contributed by atoms with Crippen LogP contribution in [0.5, 0.6) is 0 Å². The van der Waals surface area contributed by atoms with Crippen molar-refractivity contribution in [3.63, 3.8) is 0 Å². The Morgan fingerprint density at radius 3 is 2.32 bits per heavy atom. The molecule has 0 aromatic carbocycles. The number of hydrogen-bond donors (Lipinski definition) is 1. The fourth-order valence-corrected chi connectivity index (χ4v) is 3.26. The van der Waals surface area contributed by atoms with Gasteiger partial charge >= 0.3 is 5.97 Å². The Bertz CT molecular complexity index is 267. The van der Waals surface area contributed by atoms with Gasteiger partial charge in [0.2, 0.25) is 0 Å².